The van der Waals surface area contributed by atoms with Gasteiger partial charge in [-0.2, -0.15) is 0 Å². The van der Waals surface area contributed by atoms with Crippen molar-refractivity contribution < 1.29 is 4.79 Å². The van der Waals surface area contributed by atoms with Crippen LogP contribution in [0.3, 0.4) is 0 Å². The molecule has 0 bridgehead atoms. The molecule has 2 nitrogen and oxygen atoms in total. The minimum absolute atomic E-state index is 0.123. The molecule has 152 valence electrons. The van der Waals surface area contributed by atoms with Gasteiger partial charge in [-0.1, -0.05) is 101 Å². The van der Waals surface area contributed by atoms with E-state index < -0.39 is 5.41 Å². The first-order chi connectivity index (χ1) is 15.1. The van der Waals surface area contributed by atoms with Gasteiger partial charge in [0.15, 0.2) is 0 Å². The second kappa shape index (κ2) is 9.20. The van der Waals surface area contributed by atoms with E-state index >= 15 is 0 Å². The smallest absolute Gasteiger partial charge is 0.247 e. The number of fused-ring (bicyclic) bond motifs is 1. The van der Waals surface area contributed by atoms with Crippen LogP contribution in [0.2, 0.25) is 0 Å². The van der Waals surface area contributed by atoms with Crippen molar-refractivity contribution in [1.82, 2.24) is 0 Å². The molecule has 1 amide bonds. The molecule has 4 aromatic rings. The lowest BCUT2D eigenvalue weighted by Crippen LogP contribution is -2.39. The van der Waals surface area contributed by atoms with Crippen molar-refractivity contribution in [2.24, 2.45) is 0 Å². The number of carbonyl (C=O) groups excluding carboxylic acids is 1. The van der Waals surface area contributed by atoms with E-state index in [0.29, 0.717) is 6.42 Å². The number of hydrogen-bond donors (Lipinski definition) is 1. The number of carbonyl (C=O) groups is 1. The largest absolute Gasteiger partial charge is 0.324 e. The number of nitrogens with one attached hydrogen (secondary N) is 1. The molecular formula is C28H22BrNO. The van der Waals surface area contributed by atoms with Crippen molar-refractivity contribution in [3.8, 4) is 11.8 Å². The third-order valence-electron chi connectivity index (χ3n) is 5.49. The Hall–Kier alpha value is -3.35. The van der Waals surface area contributed by atoms with Crippen LogP contribution in [0.1, 0.15) is 24.5 Å². The van der Waals surface area contributed by atoms with E-state index in [1.165, 1.54) is 0 Å². The number of anilines is 1. The fourth-order valence-corrected chi connectivity index (χ4v) is 3.98. The number of halogens is 1. The molecule has 0 spiro atoms. The summed E-state index contributed by atoms with van der Waals surface area (Å²) < 4.78 is 0.997. The lowest BCUT2D eigenvalue weighted by Gasteiger charge is -2.27. The van der Waals surface area contributed by atoms with Crippen molar-refractivity contribution in [3.63, 3.8) is 0 Å². The molecule has 1 atom stereocenters. The Kier molecular flexibility index (Phi) is 6.21. The van der Waals surface area contributed by atoms with Crippen molar-refractivity contribution in [2.45, 2.75) is 18.8 Å². The second-order valence-corrected chi connectivity index (χ2v) is 8.28. The zero-order valence-corrected chi connectivity index (χ0v) is 18.8. The minimum Gasteiger partial charge on any atom is -0.324 e. The maximum atomic E-state index is 13.8. The van der Waals surface area contributed by atoms with Crippen molar-refractivity contribution in [2.75, 3.05) is 5.32 Å². The van der Waals surface area contributed by atoms with Gasteiger partial charge in [0.1, 0.15) is 5.41 Å². The molecule has 0 radical (unpaired) electrons. The average molecular weight is 468 g/mol. The van der Waals surface area contributed by atoms with Gasteiger partial charge in [-0.3, -0.25) is 4.79 Å². The zero-order valence-electron chi connectivity index (χ0n) is 17.2. The third-order valence-corrected chi connectivity index (χ3v) is 6.02. The lowest BCUT2D eigenvalue weighted by atomic mass is 9.77. The van der Waals surface area contributed by atoms with Crippen LogP contribution in [0.25, 0.3) is 10.8 Å². The number of rotatable bonds is 4. The van der Waals surface area contributed by atoms with Gasteiger partial charge in [0.25, 0.3) is 0 Å². The summed E-state index contributed by atoms with van der Waals surface area (Å²) in [5, 5.41) is 5.27. The molecule has 0 fully saturated rings. The highest BCUT2D eigenvalue weighted by atomic mass is 79.9. The molecule has 4 aromatic carbocycles. The van der Waals surface area contributed by atoms with Gasteiger partial charge in [0.2, 0.25) is 5.91 Å². The third kappa shape index (κ3) is 4.40. The van der Waals surface area contributed by atoms with Crippen LogP contribution in [0.4, 0.5) is 5.69 Å². The fraction of sp³-hybridized carbons (Fsp3) is 0.107. The summed E-state index contributed by atoms with van der Waals surface area (Å²) in [6.07, 6.45) is 0.553. The molecule has 4 rings (SSSR count). The maximum Gasteiger partial charge on any atom is 0.247 e. The Bertz CT molecular complexity index is 1260. The van der Waals surface area contributed by atoms with Crippen LogP contribution in [-0.4, -0.2) is 5.91 Å². The van der Waals surface area contributed by atoms with E-state index in [2.05, 4.69) is 33.1 Å². The summed E-state index contributed by atoms with van der Waals surface area (Å²) in [6, 6.07) is 31.6. The number of hydrogen-bond acceptors (Lipinski definition) is 1. The highest BCUT2D eigenvalue weighted by Crippen LogP contribution is 2.31. The molecule has 0 aliphatic heterocycles. The van der Waals surface area contributed by atoms with Gasteiger partial charge < -0.3 is 5.32 Å². The Morgan fingerprint density at radius 3 is 2.29 bits per heavy atom. The Morgan fingerprint density at radius 2 is 1.55 bits per heavy atom. The van der Waals surface area contributed by atoms with Gasteiger partial charge in [0.05, 0.1) is 0 Å². The van der Waals surface area contributed by atoms with E-state index in [1.54, 1.807) is 0 Å². The van der Waals surface area contributed by atoms with Gasteiger partial charge in [0, 0.05) is 21.1 Å². The lowest BCUT2D eigenvalue weighted by molar-refractivity contribution is -0.119. The van der Waals surface area contributed by atoms with E-state index in [9.17, 15) is 4.79 Å². The average Bonchev–Trinajstić information content (AvgIpc) is 2.82. The van der Waals surface area contributed by atoms with E-state index in [1.807, 2.05) is 104 Å². The molecular weight excluding hydrogens is 446 g/mol. The molecule has 3 heteroatoms. The Labute approximate surface area is 191 Å². The van der Waals surface area contributed by atoms with Gasteiger partial charge in [-0.05, 0) is 47.7 Å². The van der Waals surface area contributed by atoms with Gasteiger partial charge in [-0.15, -0.1) is 0 Å². The van der Waals surface area contributed by atoms with Crippen molar-refractivity contribution in [3.05, 3.63) is 113 Å². The molecule has 31 heavy (non-hydrogen) atoms. The number of benzene rings is 4. The molecule has 0 unspecified atom stereocenters. The molecule has 0 saturated carbocycles. The molecule has 0 aliphatic rings. The van der Waals surface area contributed by atoms with E-state index in [-0.39, 0.29) is 5.91 Å². The van der Waals surface area contributed by atoms with Crippen LogP contribution in [0.15, 0.2) is 102 Å². The standard InChI is InChI=1S/C28H22BrNO/c1-2-28(23-11-4-3-5-12-23,20-19-21-15-17-24(29)18-16-21)27(31)30-26-14-8-10-22-9-6-7-13-25(22)26/h3-18H,2H2,1H3,(H,30,31)/t28-/m1/s1. The highest BCUT2D eigenvalue weighted by Gasteiger charge is 2.37. The topological polar surface area (TPSA) is 29.1 Å². The van der Waals surface area contributed by atoms with Crippen molar-refractivity contribution >= 4 is 38.3 Å². The SMILES string of the molecule is CC[C@](C#Cc1ccc(Br)cc1)(C(=O)Nc1cccc2ccccc12)c1ccccc1. The summed E-state index contributed by atoms with van der Waals surface area (Å²) in [5.74, 6) is 6.44. The molecule has 0 heterocycles. The summed E-state index contributed by atoms with van der Waals surface area (Å²) >= 11 is 3.45. The summed E-state index contributed by atoms with van der Waals surface area (Å²) in [7, 11) is 0. The fourth-order valence-electron chi connectivity index (χ4n) is 3.71. The number of amides is 1. The van der Waals surface area contributed by atoms with Crippen LogP contribution in [-0.2, 0) is 10.2 Å². The predicted molar refractivity (Wildman–Crippen MR) is 132 cm³/mol. The van der Waals surface area contributed by atoms with Gasteiger partial charge >= 0.3 is 0 Å². The van der Waals surface area contributed by atoms with Crippen LogP contribution < -0.4 is 5.32 Å². The monoisotopic (exact) mass is 467 g/mol. The highest BCUT2D eigenvalue weighted by molar-refractivity contribution is 9.10. The molecule has 0 aromatic heterocycles. The second-order valence-electron chi connectivity index (χ2n) is 7.36. The normalized spacial score (nSPS) is 12.5. The Morgan fingerprint density at radius 1 is 0.871 bits per heavy atom. The first-order valence-corrected chi connectivity index (χ1v) is 11.1. The van der Waals surface area contributed by atoms with Crippen LogP contribution in [0, 0.1) is 11.8 Å². The van der Waals surface area contributed by atoms with Crippen molar-refractivity contribution in [1.29, 1.82) is 0 Å². The van der Waals surface area contributed by atoms with Crippen LogP contribution in [0.5, 0.6) is 0 Å². The Balaban J connectivity index is 1.78. The molecule has 0 saturated heterocycles. The summed E-state index contributed by atoms with van der Waals surface area (Å²) in [6.45, 7) is 2.01. The summed E-state index contributed by atoms with van der Waals surface area (Å²) in [5.41, 5.74) is 1.59. The first kappa shape index (κ1) is 20.9. The van der Waals surface area contributed by atoms with E-state index in [4.69, 9.17) is 0 Å². The quantitative estimate of drug-likeness (QED) is 0.323. The first-order valence-electron chi connectivity index (χ1n) is 10.3. The van der Waals surface area contributed by atoms with E-state index in [0.717, 1.165) is 32.1 Å². The zero-order chi connectivity index (χ0) is 21.7. The van der Waals surface area contributed by atoms with Gasteiger partial charge in [-0.25, -0.2) is 0 Å². The minimum atomic E-state index is -0.967. The maximum absolute atomic E-state index is 13.8. The molecule has 0 aliphatic carbocycles. The van der Waals surface area contributed by atoms with Crippen LogP contribution >= 0.6 is 15.9 Å². The molecule has 1 N–H and O–H groups in total. The predicted octanol–water partition coefficient (Wildman–Crippen LogP) is 6.94. The summed E-state index contributed by atoms with van der Waals surface area (Å²) in [4.78, 5) is 13.8.